The minimum absolute atomic E-state index is 0.0171. The summed E-state index contributed by atoms with van der Waals surface area (Å²) in [6.45, 7) is 2.06. The van der Waals surface area contributed by atoms with E-state index in [2.05, 4.69) is 39.8 Å². The molecule has 29 heavy (non-hydrogen) atoms. The number of para-hydroxylation sites is 1. The van der Waals surface area contributed by atoms with Crippen LogP contribution in [0.25, 0.3) is 6.08 Å². The molecule has 0 radical (unpaired) electrons. The highest BCUT2D eigenvalue weighted by molar-refractivity contribution is 6.12. The Morgan fingerprint density at radius 2 is 1.76 bits per heavy atom. The van der Waals surface area contributed by atoms with Crippen LogP contribution in [-0.2, 0) is 0 Å². The van der Waals surface area contributed by atoms with E-state index in [-0.39, 0.29) is 6.17 Å². The van der Waals surface area contributed by atoms with E-state index in [1.165, 1.54) is 38.3 Å². The maximum atomic E-state index is 8.55. The molecule has 0 amide bonds. The fourth-order valence-corrected chi connectivity index (χ4v) is 4.91. The standard InChI is InChI=1S/C24H33N5/c25-14-6-10-22(26)21-17-18-7-4-5-11-23(18)28-24(21)29-15-12-20(13-16-29)27-19-8-2-1-3-9-19/h4-7,10-11,14,17,19-20,24-28H,1-3,8-9,12-13,15-16H2. The number of fused-ring (bicyclic) bond motifs is 1. The molecule has 154 valence electrons. The highest BCUT2D eigenvalue weighted by atomic mass is 15.3. The highest BCUT2D eigenvalue weighted by Gasteiger charge is 2.31. The van der Waals surface area contributed by atoms with E-state index in [0.29, 0.717) is 11.8 Å². The summed E-state index contributed by atoms with van der Waals surface area (Å²) in [5.41, 5.74) is 3.72. The molecule has 1 aromatic carbocycles. The van der Waals surface area contributed by atoms with Crippen molar-refractivity contribution >= 4 is 23.7 Å². The minimum Gasteiger partial charge on any atom is -0.365 e. The predicted molar refractivity (Wildman–Crippen MR) is 122 cm³/mol. The largest absolute Gasteiger partial charge is 0.365 e. The lowest BCUT2D eigenvalue weighted by Gasteiger charge is -2.42. The van der Waals surface area contributed by atoms with Gasteiger partial charge in [-0.1, -0.05) is 37.5 Å². The van der Waals surface area contributed by atoms with E-state index < -0.39 is 0 Å². The van der Waals surface area contributed by atoms with Crippen molar-refractivity contribution in [3.63, 3.8) is 0 Å². The fourth-order valence-electron chi connectivity index (χ4n) is 4.91. The van der Waals surface area contributed by atoms with Gasteiger partial charge in [-0.05, 0) is 55.5 Å². The van der Waals surface area contributed by atoms with E-state index >= 15 is 0 Å². The average Bonchev–Trinajstić information content (AvgIpc) is 2.78. The number of hydrogen-bond acceptors (Lipinski definition) is 5. The summed E-state index contributed by atoms with van der Waals surface area (Å²) >= 11 is 0. The second-order valence-corrected chi connectivity index (χ2v) is 8.49. The van der Waals surface area contributed by atoms with Crippen molar-refractivity contribution in [3.05, 3.63) is 47.6 Å². The second-order valence-electron chi connectivity index (χ2n) is 8.49. The summed E-state index contributed by atoms with van der Waals surface area (Å²) in [7, 11) is 0. The molecule has 2 aliphatic heterocycles. The molecular formula is C24H33N5. The number of piperidine rings is 1. The Balaban J connectivity index is 1.44. The van der Waals surface area contributed by atoms with Gasteiger partial charge in [0.25, 0.3) is 0 Å². The van der Waals surface area contributed by atoms with Gasteiger partial charge in [-0.15, -0.1) is 0 Å². The van der Waals surface area contributed by atoms with Crippen molar-refractivity contribution in [1.29, 1.82) is 10.8 Å². The van der Waals surface area contributed by atoms with Crippen molar-refractivity contribution < 1.29 is 0 Å². The van der Waals surface area contributed by atoms with Gasteiger partial charge >= 0.3 is 0 Å². The molecular weight excluding hydrogens is 358 g/mol. The zero-order valence-electron chi connectivity index (χ0n) is 17.2. The summed E-state index contributed by atoms with van der Waals surface area (Å²) in [5.74, 6) is 0. The van der Waals surface area contributed by atoms with E-state index in [9.17, 15) is 0 Å². The molecule has 1 unspecified atom stereocenters. The number of allylic oxidation sites excluding steroid dienone is 2. The van der Waals surface area contributed by atoms with Crippen LogP contribution in [0.2, 0.25) is 0 Å². The topological polar surface area (TPSA) is 75.0 Å². The van der Waals surface area contributed by atoms with Crippen molar-refractivity contribution in [2.75, 3.05) is 18.4 Å². The molecule has 1 aromatic rings. The SMILES string of the molecule is N=CC=CC(=N)C1=Cc2ccccc2NC1N1CCC(NC2CCCCC2)CC1. The van der Waals surface area contributed by atoms with Gasteiger partial charge in [0.2, 0.25) is 0 Å². The summed E-state index contributed by atoms with van der Waals surface area (Å²) < 4.78 is 0. The molecule has 0 spiro atoms. The third-order valence-electron chi connectivity index (χ3n) is 6.50. The summed E-state index contributed by atoms with van der Waals surface area (Å²) in [6.07, 6.45) is 15.9. The molecule has 4 N–H and O–H groups in total. The van der Waals surface area contributed by atoms with Gasteiger partial charge in [0, 0.05) is 42.6 Å². The van der Waals surface area contributed by atoms with Crippen molar-refractivity contribution in [2.45, 2.75) is 63.2 Å². The first-order valence-corrected chi connectivity index (χ1v) is 11.1. The van der Waals surface area contributed by atoms with Crippen LogP contribution < -0.4 is 10.6 Å². The number of nitrogens with one attached hydrogen (secondary N) is 4. The Morgan fingerprint density at radius 3 is 2.52 bits per heavy atom. The molecule has 1 saturated carbocycles. The van der Waals surface area contributed by atoms with Gasteiger partial charge < -0.3 is 21.5 Å². The van der Waals surface area contributed by atoms with Crippen LogP contribution >= 0.6 is 0 Å². The maximum Gasteiger partial charge on any atom is 0.108 e. The summed E-state index contributed by atoms with van der Waals surface area (Å²) in [6, 6.07) is 9.64. The number of nitrogens with zero attached hydrogens (tertiary/aromatic N) is 1. The Kier molecular flexibility index (Phi) is 6.57. The fraction of sp³-hybridized carbons (Fsp3) is 0.500. The molecule has 1 atom stereocenters. The first kappa shape index (κ1) is 20.0. The first-order valence-electron chi connectivity index (χ1n) is 11.1. The minimum atomic E-state index is 0.0171. The summed E-state index contributed by atoms with van der Waals surface area (Å²) in [4.78, 5) is 2.48. The van der Waals surface area contributed by atoms with Crippen molar-refractivity contribution in [3.8, 4) is 0 Å². The third kappa shape index (κ3) is 4.85. The maximum absolute atomic E-state index is 8.55. The Hall–Kier alpha value is -2.24. The molecule has 0 aromatic heterocycles. The zero-order chi connectivity index (χ0) is 20.1. The molecule has 2 heterocycles. The lowest BCUT2D eigenvalue weighted by Crippen LogP contribution is -2.52. The lowest BCUT2D eigenvalue weighted by molar-refractivity contribution is 0.165. The lowest BCUT2D eigenvalue weighted by atomic mass is 9.92. The van der Waals surface area contributed by atoms with Gasteiger partial charge in [-0.2, -0.15) is 0 Å². The Morgan fingerprint density at radius 1 is 1.03 bits per heavy atom. The normalized spacial score (nSPS) is 24.0. The van der Waals surface area contributed by atoms with Crippen molar-refractivity contribution in [1.82, 2.24) is 10.2 Å². The van der Waals surface area contributed by atoms with Gasteiger partial charge in [0.05, 0.1) is 5.71 Å². The van der Waals surface area contributed by atoms with Crippen LogP contribution in [0.1, 0.15) is 50.5 Å². The van der Waals surface area contributed by atoms with Crippen LogP contribution in [0.4, 0.5) is 5.69 Å². The molecule has 5 nitrogen and oxygen atoms in total. The van der Waals surface area contributed by atoms with Crippen LogP contribution in [0, 0.1) is 10.8 Å². The van der Waals surface area contributed by atoms with E-state index in [1.807, 2.05) is 6.07 Å². The quantitative estimate of drug-likeness (QED) is 0.542. The van der Waals surface area contributed by atoms with Gasteiger partial charge in [-0.25, -0.2) is 0 Å². The predicted octanol–water partition coefficient (Wildman–Crippen LogP) is 4.43. The van der Waals surface area contributed by atoms with Gasteiger partial charge in [-0.3, -0.25) is 4.90 Å². The zero-order valence-corrected chi connectivity index (χ0v) is 17.2. The van der Waals surface area contributed by atoms with Gasteiger partial charge in [0.15, 0.2) is 0 Å². The molecule has 1 aliphatic carbocycles. The number of benzene rings is 1. The van der Waals surface area contributed by atoms with Crippen LogP contribution in [0.3, 0.4) is 0 Å². The molecule has 3 aliphatic rings. The highest BCUT2D eigenvalue weighted by Crippen LogP contribution is 2.31. The molecule has 4 rings (SSSR count). The van der Waals surface area contributed by atoms with Crippen LogP contribution in [0.5, 0.6) is 0 Å². The van der Waals surface area contributed by atoms with Gasteiger partial charge in [0.1, 0.15) is 6.17 Å². The number of hydrogen-bond donors (Lipinski definition) is 4. The van der Waals surface area contributed by atoms with Crippen LogP contribution in [0.15, 0.2) is 42.0 Å². The number of anilines is 1. The Labute approximate surface area is 174 Å². The summed E-state index contributed by atoms with van der Waals surface area (Å²) in [5, 5.41) is 23.4. The number of likely N-dealkylation sites (tertiary alicyclic amines) is 1. The second kappa shape index (κ2) is 9.51. The van der Waals surface area contributed by atoms with Crippen LogP contribution in [-0.4, -0.2) is 48.2 Å². The van der Waals surface area contributed by atoms with E-state index in [4.69, 9.17) is 10.8 Å². The molecule has 2 fully saturated rings. The average molecular weight is 392 g/mol. The third-order valence-corrected chi connectivity index (χ3v) is 6.50. The first-order chi connectivity index (χ1) is 14.2. The molecule has 5 heteroatoms. The van der Waals surface area contributed by atoms with E-state index in [0.717, 1.165) is 48.8 Å². The molecule has 0 bridgehead atoms. The molecule has 1 saturated heterocycles. The Bertz CT molecular complexity index is 782. The monoisotopic (exact) mass is 391 g/mol. The van der Waals surface area contributed by atoms with E-state index in [1.54, 1.807) is 12.2 Å². The smallest absolute Gasteiger partial charge is 0.108 e. The van der Waals surface area contributed by atoms with Crippen molar-refractivity contribution in [2.24, 2.45) is 0 Å². The number of rotatable bonds is 6.